The van der Waals surface area contributed by atoms with Gasteiger partial charge >= 0.3 is 0 Å². The van der Waals surface area contributed by atoms with E-state index in [9.17, 15) is 4.79 Å². The summed E-state index contributed by atoms with van der Waals surface area (Å²) in [5, 5.41) is 6.30. The first-order valence-electron chi connectivity index (χ1n) is 6.52. The topological polar surface area (TPSA) is 50.4 Å². The minimum Gasteiger partial charge on any atom is -0.493 e. The van der Waals surface area contributed by atoms with Gasteiger partial charge in [0.15, 0.2) is 0 Å². The number of ether oxygens (including phenoxy) is 1. The summed E-state index contributed by atoms with van der Waals surface area (Å²) in [5.74, 6) is 0.879. The Balaban J connectivity index is 1.62. The van der Waals surface area contributed by atoms with Crippen molar-refractivity contribution in [3.05, 3.63) is 30.3 Å². The molecule has 1 amide bonds. The van der Waals surface area contributed by atoms with Crippen LogP contribution in [0.3, 0.4) is 0 Å². The van der Waals surface area contributed by atoms with Crippen LogP contribution in [-0.4, -0.2) is 31.6 Å². The molecule has 4 heteroatoms. The fourth-order valence-electron chi connectivity index (χ4n) is 2.05. The molecule has 0 bridgehead atoms. The molecule has 2 N–H and O–H groups in total. The maximum Gasteiger partial charge on any atom is 0.223 e. The van der Waals surface area contributed by atoms with Crippen molar-refractivity contribution in [1.82, 2.24) is 10.6 Å². The van der Waals surface area contributed by atoms with Crippen LogP contribution in [0.1, 0.15) is 19.3 Å². The van der Waals surface area contributed by atoms with E-state index in [-0.39, 0.29) is 11.9 Å². The SMILES string of the molecule is O=C(CCOc1ccccc1)NC1CCCNC1. The molecule has 1 heterocycles. The van der Waals surface area contributed by atoms with Gasteiger partial charge in [-0.05, 0) is 31.5 Å². The van der Waals surface area contributed by atoms with Crippen molar-refractivity contribution in [1.29, 1.82) is 0 Å². The van der Waals surface area contributed by atoms with Gasteiger partial charge in [0.25, 0.3) is 0 Å². The summed E-state index contributed by atoms with van der Waals surface area (Å²) in [5.41, 5.74) is 0. The molecule has 0 aromatic heterocycles. The Bertz CT molecular complexity index is 361. The molecule has 1 atom stereocenters. The third kappa shape index (κ3) is 4.37. The van der Waals surface area contributed by atoms with Crippen LogP contribution < -0.4 is 15.4 Å². The second kappa shape index (κ2) is 7.01. The quantitative estimate of drug-likeness (QED) is 0.826. The molecular formula is C14H20N2O2. The average Bonchev–Trinajstić information content (AvgIpc) is 2.41. The summed E-state index contributed by atoms with van der Waals surface area (Å²) in [6.45, 7) is 2.37. The Morgan fingerprint density at radius 1 is 1.39 bits per heavy atom. The number of nitrogens with one attached hydrogen (secondary N) is 2. The van der Waals surface area contributed by atoms with Gasteiger partial charge in [-0.15, -0.1) is 0 Å². The lowest BCUT2D eigenvalue weighted by atomic mass is 10.1. The molecule has 4 nitrogen and oxygen atoms in total. The van der Waals surface area contributed by atoms with E-state index in [0.717, 1.165) is 31.7 Å². The predicted molar refractivity (Wildman–Crippen MR) is 70.6 cm³/mol. The molecule has 0 spiro atoms. The summed E-state index contributed by atoms with van der Waals surface area (Å²) >= 11 is 0. The first-order valence-corrected chi connectivity index (χ1v) is 6.52. The van der Waals surface area contributed by atoms with Crippen molar-refractivity contribution in [2.24, 2.45) is 0 Å². The maximum atomic E-state index is 11.7. The van der Waals surface area contributed by atoms with Crippen molar-refractivity contribution in [2.45, 2.75) is 25.3 Å². The normalized spacial score (nSPS) is 19.2. The third-order valence-corrected chi connectivity index (χ3v) is 3.00. The molecular weight excluding hydrogens is 228 g/mol. The van der Waals surface area contributed by atoms with Crippen LogP contribution in [0.5, 0.6) is 5.75 Å². The highest BCUT2D eigenvalue weighted by Gasteiger charge is 2.14. The average molecular weight is 248 g/mol. The molecule has 1 aromatic rings. The zero-order valence-electron chi connectivity index (χ0n) is 10.5. The lowest BCUT2D eigenvalue weighted by molar-refractivity contribution is -0.122. The molecule has 1 aromatic carbocycles. The van der Waals surface area contributed by atoms with Crippen molar-refractivity contribution >= 4 is 5.91 Å². The number of hydrogen-bond acceptors (Lipinski definition) is 3. The largest absolute Gasteiger partial charge is 0.493 e. The number of rotatable bonds is 5. The Hall–Kier alpha value is -1.55. The van der Waals surface area contributed by atoms with Gasteiger partial charge in [-0.3, -0.25) is 4.79 Å². The van der Waals surface area contributed by atoms with Crippen LogP contribution in [0.15, 0.2) is 30.3 Å². The van der Waals surface area contributed by atoms with E-state index in [0.29, 0.717) is 13.0 Å². The number of amides is 1. The molecule has 2 rings (SSSR count). The van der Waals surface area contributed by atoms with E-state index in [2.05, 4.69) is 10.6 Å². The number of carbonyl (C=O) groups is 1. The molecule has 1 saturated heterocycles. The molecule has 1 fully saturated rings. The number of hydrogen-bond donors (Lipinski definition) is 2. The molecule has 1 unspecified atom stereocenters. The summed E-state index contributed by atoms with van der Waals surface area (Å²) in [7, 11) is 0. The Morgan fingerprint density at radius 3 is 2.94 bits per heavy atom. The zero-order chi connectivity index (χ0) is 12.6. The van der Waals surface area contributed by atoms with Gasteiger partial charge in [0.2, 0.25) is 5.91 Å². The first-order chi connectivity index (χ1) is 8.84. The van der Waals surface area contributed by atoms with Gasteiger partial charge in [0.1, 0.15) is 5.75 Å². The summed E-state index contributed by atoms with van der Waals surface area (Å²) < 4.78 is 5.49. The van der Waals surface area contributed by atoms with Crippen molar-refractivity contribution in [3.63, 3.8) is 0 Å². The summed E-state index contributed by atoms with van der Waals surface area (Å²) in [4.78, 5) is 11.7. The first kappa shape index (κ1) is 12.9. The third-order valence-electron chi connectivity index (χ3n) is 3.00. The standard InChI is InChI=1S/C14H20N2O2/c17-14(16-12-5-4-9-15-11-12)8-10-18-13-6-2-1-3-7-13/h1-3,6-7,12,15H,4-5,8-11H2,(H,16,17). The maximum absolute atomic E-state index is 11.7. The van der Waals surface area contributed by atoms with Crippen molar-refractivity contribution in [2.75, 3.05) is 19.7 Å². The molecule has 98 valence electrons. The second-order valence-corrected chi connectivity index (χ2v) is 4.52. The van der Waals surface area contributed by atoms with Crippen LogP contribution in [0.2, 0.25) is 0 Å². The van der Waals surface area contributed by atoms with Crippen LogP contribution in [0.4, 0.5) is 0 Å². The highest BCUT2D eigenvalue weighted by Crippen LogP contribution is 2.08. The van der Waals surface area contributed by atoms with Crippen LogP contribution in [0.25, 0.3) is 0 Å². The van der Waals surface area contributed by atoms with Gasteiger partial charge in [-0.25, -0.2) is 0 Å². The lowest BCUT2D eigenvalue weighted by Crippen LogP contribution is -2.45. The van der Waals surface area contributed by atoms with Crippen LogP contribution in [-0.2, 0) is 4.79 Å². The number of carbonyl (C=O) groups excluding carboxylic acids is 1. The van der Waals surface area contributed by atoms with E-state index in [1.54, 1.807) is 0 Å². The smallest absolute Gasteiger partial charge is 0.223 e. The van der Waals surface area contributed by atoms with Crippen molar-refractivity contribution in [3.8, 4) is 5.75 Å². The monoisotopic (exact) mass is 248 g/mol. The molecule has 1 aliphatic heterocycles. The van der Waals surface area contributed by atoms with Crippen LogP contribution in [0, 0.1) is 0 Å². The van der Waals surface area contributed by atoms with Gasteiger partial charge in [-0.1, -0.05) is 18.2 Å². The van der Waals surface area contributed by atoms with Crippen molar-refractivity contribution < 1.29 is 9.53 Å². The number of para-hydroxylation sites is 1. The van der Waals surface area contributed by atoms with E-state index in [4.69, 9.17) is 4.74 Å². The highest BCUT2D eigenvalue weighted by atomic mass is 16.5. The molecule has 0 aliphatic carbocycles. The number of piperidine rings is 1. The molecule has 18 heavy (non-hydrogen) atoms. The Kier molecular flexibility index (Phi) is 5.02. The minimum absolute atomic E-state index is 0.0691. The highest BCUT2D eigenvalue weighted by molar-refractivity contribution is 5.76. The van der Waals surface area contributed by atoms with E-state index < -0.39 is 0 Å². The fourth-order valence-corrected chi connectivity index (χ4v) is 2.05. The second-order valence-electron chi connectivity index (χ2n) is 4.52. The van der Waals surface area contributed by atoms with Crippen LogP contribution >= 0.6 is 0 Å². The molecule has 1 aliphatic rings. The van der Waals surface area contributed by atoms with E-state index in [1.165, 1.54) is 0 Å². The van der Waals surface area contributed by atoms with Gasteiger partial charge in [0, 0.05) is 12.6 Å². The molecule has 0 saturated carbocycles. The zero-order valence-corrected chi connectivity index (χ0v) is 10.5. The van der Waals surface area contributed by atoms with E-state index in [1.807, 2.05) is 30.3 Å². The van der Waals surface area contributed by atoms with Gasteiger partial charge < -0.3 is 15.4 Å². The number of benzene rings is 1. The van der Waals surface area contributed by atoms with Gasteiger partial charge in [-0.2, -0.15) is 0 Å². The summed E-state index contributed by atoms with van der Waals surface area (Å²) in [6, 6.07) is 9.84. The fraction of sp³-hybridized carbons (Fsp3) is 0.500. The van der Waals surface area contributed by atoms with E-state index >= 15 is 0 Å². The molecule has 0 radical (unpaired) electrons. The predicted octanol–water partition coefficient (Wildman–Crippen LogP) is 1.32. The summed E-state index contributed by atoms with van der Waals surface area (Å²) in [6.07, 6.45) is 2.61. The van der Waals surface area contributed by atoms with Gasteiger partial charge in [0.05, 0.1) is 13.0 Å². The lowest BCUT2D eigenvalue weighted by Gasteiger charge is -2.23. The Morgan fingerprint density at radius 2 is 2.22 bits per heavy atom. The Labute approximate surface area is 108 Å². The minimum atomic E-state index is 0.0691.